The number of aliphatic hydroxyl groups is 1. The van der Waals surface area contributed by atoms with Gasteiger partial charge < -0.3 is 14.9 Å². The van der Waals surface area contributed by atoms with Crippen LogP contribution in [0, 0.1) is 0 Å². The molecule has 0 saturated carbocycles. The van der Waals surface area contributed by atoms with Crippen molar-refractivity contribution >= 4 is 5.91 Å². The number of carbonyl (C=O) groups excluding carboxylic acids is 1. The predicted molar refractivity (Wildman–Crippen MR) is 98.7 cm³/mol. The van der Waals surface area contributed by atoms with Crippen LogP contribution in [0.2, 0.25) is 0 Å². The van der Waals surface area contributed by atoms with Crippen LogP contribution in [0.25, 0.3) is 0 Å². The third kappa shape index (κ3) is 14.7. The molecule has 4 heteroatoms. The molecule has 0 saturated heterocycles. The summed E-state index contributed by atoms with van der Waals surface area (Å²) in [5, 5.41) is 9.12. The second kappa shape index (κ2) is 16.3. The molecule has 0 heterocycles. The maximum absolute atomic E-state index is 12.2. The van der Waals surface area contributed by atoms with Crippen LogP contribution in [0.5, 0.6) is 0 Å². The van der Waals surface area contributed by atoms with Gasteiger partial charge in [0.25, 0.3) is 0 Å². The Morgan fingerprint density at radius 1 is 0.783 bits per heavy atom. The van der Waals surface area contributed by atoms with Crippen molar-refractivity contribution in [2.24, 2.45) is 0 Å². The van der Waals surface area contributed by atoms with Crippen LogP contribution in [0.15, 0.2) is 0 Å². The largest absolute Gasteiger partial charge is 0.395 e. The molecule has 0 aromatic carbocycles. The minimum Gasteiger partial charge on any atom is -0.395 e. The average molecular weight is 329 g/mol. The van der Waals surface area contributed by atoms with E-state index in [1.807, 2.05) is 19.0 Å². The topological polar surface area (TPSA) is 43.8 Å². The monoisotopic (exact) mass is 328 g/mol. The number of aliphatic hydroxyl groups excluding tert-OH is 1. The first-order valence-electron chi connectivity index (χ1n) is 9.65. The maximum Gasteiger partial charge on any atom is 0.222 e. The molecule has 4 nitrogen and oxygen atoms in total. The highest BCUT2D eigenvalue weighted by Gasteiger charge is 2.12. The van der Waals surface area contributed by atoms with Gasteiger partial charge in [0.2, 0.25) is 5.91 Å². The number of amides is 1. The zero-order valence-electron chi connectivity index (χ0n) is 15.9. The quantitative estimate of drug-likeness (QED) is 0.440. The molecule has 0 spiro atoms. The Hall–Kier alpha value is -0.610. The summed E-state index contributed by atoms with van der Waals surface area (Å²) in [5.74, 6) is 0.209. The fraction of sp³-hybridized carbons (Fsp3) is 0.947. The first-order chi connectivity index (χ1) is 11.1. The standard InChI is InChI=1S/C19H40N2O2/c1-4-5-6-7-8-9-10-11-12-14-19(23)21(17-18-22)16-13-15-20(2)3/h22H,4-18H2,1-3H3. The Morgan fingerprint density at radius 2 is 1.35 bits per heavy atom. The molecule has 0 radical (unpaired) electrons. The van der Waals surface area contributed by atoms with Crippen molar-refractivity contribution in [1.82, 2.24) is 9.80 Å². The van der Waals surface area contributed by atoms with E-state index in [1.165, 1.54) is 44.9 Å². The van der Waals surface area contributed by atoms with E-state index < -0.39 is 0 Å². The summed E-state index contributed by atoms with van der Waals surface area (Å²) in [5.41, 5.74) is 0. The second-order valence-corrected chi connectivity index (χ2v) is 6.84. The Bertz CT molecular complexity index is 270. The Balaban J connectivity index is 3.66. The van der Waals surface area contributed by atoms with Crippen molar-refractivity contribution in [3.63, 3.8) is 0 Å². The zero-order valence-corrected chi connectivity index (χ0v) is 15.9. The summed E-state index contributed by atoms with van der Waals surface area (Å²) < 4.78 is 0. The molecule has 0 aliphatic heterocycles. The summed E-state index contributed by atoms with van der Waals surface area (Å²) >= 11 is 0. The molecule has 1 N–H and O–H groups in total. The zero-order chi connectivity index (χ0) is 17.3. The number of hydrogen-bond acceptors (Lipinski definition) is 3. The highest BCUT2D eigenvalue weighted by molar-refractivity contribution is 5.76. The summed E-state index contributed by atoms with van der Waals surface area (Å²) in [4.78, 5) is 16.2. The highest BCUT2D eigenvalue weighted by atomic mass is 16.3. The van der Waals surface area contributed by atoms with Gasteiger partial charge in [-0.2, -0.15) is 0 Å². The fourth-order valence-electron chi connectivity index (χ4n) is 2.80. The van der Waals surface area contributed by atoms with Crippen molar-refractivity contribution in [2.45, 2.75) is 77.6 Å². The van der Waals surface area contributed by atoms with E-state index in [4.69, 9.17) is 5.11 Å². The lowest BCUT2D eigenvalue weighted by Crippen LogP contribution is -2.35. The molecule has 0 rings (SSSR count). The summed E-state index contributed by atoms with van der Waals surface area (Å²) in [7, 11) is 4.08. The molecule has 23 heavy (non-hydrogen) atoms. The summed E-state index contributed by atoms with van der Waals surface area (Å²) in [6.07, 6.45) is 13.1. The van der Waals surface area contributed by atoms with E-state index in [0.29, 0.717) is 13.0 Å². The maximum atomic E-state index is 12.2. The third-order valence-corrected chi connectivity index (χ3v) is 4.25. The number of hydrogen-bond donors (Lipinski definition) is 1. The lowest BCUT2D eigenvalue weighted by molar-refractivity contribution is -0.132. The Kier molecular flexibility index (Phi) is 15.8. The highest BCUT2D eigenvalue weighted by Crippen LogP contribution is 2.11. The molecule has 0 aromatic heterocycles. The lowest BCUT2D eigenvalue weighted by atomic mass is 10.1. The molecular formula is C19H40N2O2. The normalized spacial score (nSPS) is 11.2. The first-order valence-corrected chi connectivity index (χ1v) is 9.65. The van der Waals surface area contributed by atoms with Gasteiger partial charge in [-0.05, 0) is 33.5 Å². The van der Waals surface area contributed by atoms with Crippen molar-refractivity contribution < 1.29 is 9.90 Å². The van der Waals surface area contributed by atoms with Gasteiger partial charge >= 0.3 is 0 Å². The predicted octanol–water partition coefficient (Wildman–Crippen LogP) is 3.68. The van der Waals surface area contributed by atoms with Crippen LogP contribution < -0.4 is 0 Å². The van der Waals surface area contributed by atoms with Gasteiger partial charge in [-0.25, -0.2) is 0 Å². The number of carbonyl (C=O) groups is 1. The van der Waals surface area contributed by atoms with E-state index in [9.17, 15) is 4.79 Å². The molecule has 0 aliphatic carbocycles. The SMILES string of the molecule is CCCCCCCCCCCC(=O)N(CCO)CCCN(C)C. The fourth-order valence-corrected chi connectivity index (χ4v) is 2.80. The van der Waals surface area contributed by atoms with Gasteiger partial charge in [-0.3, -0.25) is 4.79 Å². The molecular weight excluding hydrogens is 288 g/mol. The molecule has 1 amide bonds. The Morgan fingerprint density at radius 3 is 1.87 bits per heavy atom. The van der Waals surface area contributed by atoms with E-state index in [-0.39, 0.29) is 12.5 Å². The third-order valence-electron chi connectivity index (χ3n) is 4.25. The number of rotatable bonds is 16. The van der Waals surface area contributed by atoms with Gasteiger partial charge in [-0.15, -0.1) is 0 Å². The van der Waals surface area contributed by atoms with E-state index in [0.717, 1.165) is 32.4 Å². The van der Waals surface area contributed by atoms with Crippen LogP contribution in [0.1, 0.15) is 77.6 Å². The smallest absolute Gasteiger partial charge is 0.222 e. The number of unbranched alkanes of at least 4 members (excludes halogenated alkanes) is 8. The van der Waals surface area contributed by atoms with Crippen LogP contribution in [0.4, 0.5) is 0 Å². The Labute approximate surface area is 144 Å². The van der Waals surface area contributed by atoms with Gasteiger partial charge in [0.15, 0.2) is 0 Å². The van der Waals surface area contributed by atoms with Crippen LogP contribution in [-0.4, -0.2) is 61.2 Å². The van der Waals surface area contributed by atoms with E-state index in [2.05, 4.69) is 11.8 Å². The molecule has 0 unspecified atom stereocenters. The molecule has 0 fully saturated rings. The molecule has 138 valence electrons. The van der Waals surface area contributed by atoms with Crippen molar-refractivity contribution in [2.75, 3.05) is 40.3 Å². The van der Waals surface area contributed by atoms with Gasteiger partial charge in [0.05, 0.1) is 6.61 Å². The minimum absolute atomic E-state index is 0.0610. The van der Waals surface area contributed by atoms with Gasteiger partial charge in [0, 0.05) is 19.5 Å². The van der Waals surface area contributed by atoms with Crippen LogP contribution in [0.3, 0.4) is 0 Å². The minimum atomic E-state index is 0.0610. The second-order valence-electron chi connectivity index (χ2n) is 6.84. The summed E-state index contributed by atoms with van der Waals surface area (Å²) in [6, 6.07) is 0. The van der Waals surface area contributed by atoms with Crippen molar-refractivity contribution in [1.29, 1.82) is 0 Å². The van der Waals surface area contributed by atoms with Crippen molar-refractivity contribution in [3.05, 3.63) is 0 Å². The van der Waals surface area contributed by atoms with Gasteiger partial charge in [-0.1, -0.05) is 58.3 Å². The lowest BCUT2D eigenvalue weighted by Gasteiger charge is -2.22. The van der Waals surface area contributed by atoms with E-state index >= 15 is 0 Å². The van der Waals surface area contributed by atoms with Crippen LogP contribution in [-0.2, 0) is 4.79 Å². The number of nitrogens with zero attached hydrogens (tertiary/aromatic N) is 2. The molecule has 0 aliphatic rings. The van der Waals surface area contributed by atoms with E-state index in [1.54, 1.807) is 0 Å². The molecule has 0 bridgehead atoms. The summed E-state index contributed by atoms with van der Waals surface area (Å²) in [6.45, 7) is 4.52. The first kappa shape index (κ1) is 22.4. The molecule has 0 atom stereocenters. The van der Waals surface area contributed by atoms with Crippen LogP contribution >= 0.6 is 0 Å². The van der Waals surface area contributed by atoms with Gasteiger partial charge in [0.1, 0.15) is 0 Å². The average Bonchev–Trinajstić information content (AvgIpc) is 2.52. The van der Waals surface area contributed by atoms with Crippen molar-refractivity contribution in [3.8, 4) is 0 Å². The molecule has 0 aromatic rings.